The SMILES string of the molecule is Cc1ccccc1-c1cc(N2CC3CCC(C2)N3)c(N)nn1.Cc1ccccc1-c1cc(N2CC3CCC(C2)N3c2ccnc(Br)c2)c(N)nn1.Fc1ccnc(Br)c1. The van der Waals surface area contributed by atoms with Crippen molar-refractivity contribution in [1.29, 1.82) is 0 Å². The predicted molar refractivity (Wildman–Crippen MR) is 241 cm³/mol. The highest BCUT2D eigenvalue weighted by molar-refractivity contribution is 9.10. The van der Waals surface area contributed by atoms with Gasteiger partial charge in [-0.05, 0) is 113 Å². The molecule has 8 heterocycles. The second-order valence-corrected chi connectivity index (χ2v) is 17.1. The van der Waals surface area contributed by atoms with Crippen LogP contribution in [-0.4, -0.2) is 80.7 Å². The van der Waals surface area contributed by atoms with Crippen LogP contribution in [-0.2, 0) is 0 Å². The number of nitrogens with zero attached hydrogens (tertiary/aromatic N) is 9. The van der Waals surface area contributed by atoms with E-state index in [0.717, 1.165) is 64.7 Å². The number of aryl methyl sites for hydroxylation is 2. The molecular weight excluding hydrogens is 875 g/mol. The van der Waals surface area contributed by atoms with Crippen LogP contribution in [0.15, 0.2) is 107 Å². The summed E-state index contributed by atoms with van der Waals surface area (Å²) in [5.41, 5.74) is 22.0. The fourth-order valence-electron chi connectivity index (χ4n) is 8.72. The molecule has 0 aliphatic carbocycles. The van der Waals surface area contributed by atoms with Crippen molar-refractivity contribution in [3.05, 3.63) is 123 Å². The number of aromatic nitrogens is 6. The van der Waals surface area contributed by atoms with Crippen LogP contribution in [0.3, 0.4) is 0 Å². The standard InChI is InChI=1S/C22H23BrN6.C17H21N5.C5H3BrFN/c1-14-4-2-3-5-18(14)19-11-20(22(24)27-26-19)28-12-16-6-7-17(13-28)29(16)15-8-9-25-21(23)10-15;1-11-4-2-3-5-14(11)15-8-16(17(18)21-20-15)22-9-12-6-7-13(10-22)19-12;6-5-3-4(7)1-2-8-5/h2-5,8-11,16-17H,6-7,12-13H2,1H3,(H2,24,27);2-5,8,12-13,19H,6-7,9-10H2,1H3,(H2,18,21);1-3H. The molecule has 2 aromatic carbocycles. The van der Waals surface area contributed by atoms with Gasteiger partial charge in [0.05, 0.1) is 22.8 Å². The van der Waals surface area contributed by atoms with Gasteiger partial charge < -0.3 is 31.5 Å². The average molecular weight is 923 g/mol. The van der Waals surface area contributed by atoms with Crippen molar-refractivity contribution in [2.24, 2.45) is 0 Å². The topological polar surface area (TPSA) is 151 Å². The third-order valence-electron chi connectivity index (χ3n) is 11.5. The number of halogens is 3. The normalized spacial score (nSPS) is 20.4. The minimum absolute atomic E-state index is 0.271. The lowest BCUT2D eigenvalue weighted by Crippen LogP contribution is -2.54. The fourth-order valence-corrected chi connectivity index (χ4v) is 9.41. The number of hydrogen-bond acceptors (Lipinski definition) is 12. The lowest BCUT2D eigenvalue weighted by molar-refractivity contribution is 0.466. The Labute approximate surface area is 360 Å². The summed E-state index contributed by atoms with van der Waals surface area (Å²) in [5, 5.41) is 20.8. The molecule has 59 heavy (non-hydrogen) atoms. The Morgan fingerprint density at radius 1 is 0.610 bits per heavy atom. The zero-order valence-corrected chi connectivity index (χ0v) is 36.2. The van der Waals surface area contributed by atoms with Crippen LogP contribution in [0.2, 0.25) is 0 Å². The summed E-state index contributed by atoms with van der Waals surface area (Å²) in [6.07, 6.45) is 8.15. The number of anilines is 5. The maximum atomic E-state index is 12.1. The predicted octanol–water partition coefficient (Wildman–Crippen LogP) is 8.01. The number of nitrogen functional groups attached to an aromatic ring is 2. The second-order valence-electron chi connectivity index (χ2n) is 15.5. The van der Waals surface area contributed by atoms with Gasteiger partial charge >= 0.3 is 0 Å². The van der Waals surface area contributed by atoms with Crippen molar-refractivity contribution in [3.63, 3.8) is 0 Å². The van der Waals surface area contributed by atoms with E-state index in [0.29, 0.717) is 40.4 Å². The molecule has 304 valence electrons. The number of benzene rings is 2. The minimum atomic E-state index is -0.271. The Balaban J connectivity index is 0.000000142. The maximum absolute atomic E-state index is 12.1. The molecule has 0 spiro atoms. The van der Waals surface area contributed by atoms with Gasteiger partial charge in [-0.25, -0.2) is 14.4 Å². The number of nitrogens with one attached hydrogen (secondary N) is 1. The molecule has 12 nitrogen and oxygen atoms in total. The first-order chi connectivity index (χ1) is 28.6. The van der Waals surface area contributed by atoms with Crippen LogP contribution in [0.4, 0.5) is 33.1 Å². The highest BCUT2D eigenvalue weighted by atomic mass is 79.9. The van der Waals surface area contributed by atoms with Gasteiger partial charge in [-0.2, -0.15) is 0 Å². The van der Waals surface area contributed by atoms with Crippen LogP contribution < -0.4 is 31.5 Å². The summed E-state index contributed by atoms with van der Waals surface area (Å²) in [6, 6.07) is 29.6. The molecule has 4 unspecified atom stereocenters. The first kappa shape index (κ1) is 40.5. The van der Waals surface area contributed by atoms with E-state index in [1.165, 1.54) is 60.8 Å². The molecule has 4 saturated heterocycles. The summed E-state index contributed by atoms with van der Waals surface area (Å²) in [4.78, 5) is 15.3. The van der Waals surface area contributed by atoms with Crippen LogP contribution in [0.1, 0.15) is 36.8 Å². The number of hydrogen-bond donors (Lipinski definition) is 3. The van der Waals surface area contributed by atoms with Crippen LogP contribution in [0.5, 0.6) is 0 Å². The van der Waals surface area contributed by atoms with Gasteiger partial charge in [-0.15, -0.1) is 20.4 Å². The lowest BCUT2D eigenvalue weighted by atomic mass is 10.0. The third-order valence-corrected chi connectivity index (χ3v) is 12.4. The summed E-state index contributed by atoms with van der Waals surface area (Å²) >= 11 is 6.51. The molecule has 4 aliphatic rings. The van der Waals surface area contributed by atoms with Crippen molar-refractivity contribution >= 4 is 60.6 Å². The molecule has 4 fully saturated rings. The molecule has 5 N–H and O–H groups in total. The van der Waals surface area contributed by atoms with E-state index < -0.39 is 0 Å². The molecule has 0 saturated carbocycles. The van der Waals surface area contributed by atoms with Gasteiger partial charge in [0, 0.05) is 85.6 Å². The van der Waals surface area contributed by atoms with Crippen LogP contribution in [0, 0.1) is 19.7 Å². The van der Waals surface area contributed by atoms with E-state index in [9.17, 15) is 4.39 Å². The van der Waals surface area contributed by atoms with Crippen molar-refractivity contribution < 1.29 is 4.39 Å². The van der Waals surface area contributed by atoms with Gasteiger partial charge in [0.15, 0.2) is 11.6 Å². The van der Waals surface area contributed by atoms with Gasteiger partial charge in [0.2, 0.25) is 0 Å². The Hall–Kier alpha value is -5.25. The van der Waals surface area contributed by atoms with Crippen LogP contribution >= 0.6 is 31.9 Å². The number of pyridine rings is 2. The van der Waals surface area contributed by atoms with E-state index in [2.05, 4.69) is 145 Å². The summed E-state index contributed by atoms with van der Waals surface area (Å²) in [6.45, 7) is 8.05. The number of fused-ring (bicyclic) bond motifs is 4. The molecule has 4 atom stereocenters. The molecule has 10 rings (SSSR count). The first-order valence-corrected chi connectivity index (χ1v) is 21.5. The maximum Gasteiger partial charge on any atom is 0.169 e. The Morgan fingerprint density at radius 2 is 1.10 bits per heavy atom. The summed E-state index contributed by atoms with van der Waals surface area (Å²) < 4.78 is 13.5. The Morgan fingerprint density at radius 3 is 1.58 bits per heavy atom. The van der Waals surface area contributed by atoms with Gasteiger partial charge in [0.25, 0.3) is 0 Å². The second kappa shape index (κ2) is 17.9. The molecule has 0 amide bonds. The zero-order chi connectivity index (χ0) is 41.0. The minimum Gasteiger partial charge on any atom is -0.380 e. The molecule has 0 radical (unpaired) electrons. The van der Waals surface area contributed by atoms with Crippen molar-refractivity contribution in [3.8, 4) is 22.5 Å². The highest BCUT2D eigenvalue weighted by Gasteiger charge is 2.41. The molecule has 4 bridgehead atoms. The van der Waals surface area contributed by atoms with Gasteiger partial charge in [-0.3, -0.25) is 0 Å². The van der Waals surface area contributed by atoms with Gasteiger partial charge in [-0.1, -0.05) is 48.5 Å². The number of piperazine rings is 2. The van der Waals surface area contributed by atoms with E-state index in [1.54, 1.807) is 0 Å². The highest BCUT2D eigenvalue weighted by Crippen LogP contribution is 2.39. The first-order valence-electron chi connectivity index (χ1n) is 19.9. The van der Waals surface area contributed by atoms with E-state index >= 15 is 0 Å². The van der Waals surface area contributed by atoms with E-state index in [-0.39, 0.29) is 5.82 Å². The van der Waals surface area contributed by atoms with Crippen LogP contribution in [0.25, 0.3) is 22.5 Å². The fraction of sp³-hybridized carbons (Fsp3) is 0.318. The number of nitrogens with two attached hydrogens (primary N) is 2. The summed E-state index contributed by atoms with van der Waals surface area (Å²) in [5.74, 6) is 0.757. The quantitative estimate of drug-likeness (QED) is 0.144. The van der Waals surface area contributed by atoms with Crippen molar-refractivity contribution in [2.75, 3.05) is 52.3 Å². The van der Waals surface area contributed by atoms with E-state index in [4.69, 9.17) is 11.5 Å². The summed E-state index contributed by atoms with van der Waals surface area (Å²) in [7, 11) is 0. The molecule has 15 heteroatoms. The monoisotopic (exact) mass is 920 g/mol. The third kappa shape index (κ3) is 9.32. The van der Waals surface area contributed by atoms with E-state index in [1.807, 2.05) is 30.5 Å². The largest absolute Gasteiger partial charge is 0.380 e. The Bertz CT molecular complexity index is 2380. The smallest absolute Gasteiger partial charge is 0.169 e. The molecule has 4 aromatic heterocycles. The zero-order valence-electron chi connectivity index (χ0n) is 33.0. The van der Waals surface area contributed by atoms with Crippen molar-refractivity contribution in [2.45, 2.75) is 63.7 Å². The van der Waals surface area contributed by atoms with Gasteiger partial charge in [0.1, 0.15) is 15.0 Å². The lowest BCUT2D eigenvalue weighted by Gasteiger charge is -2.43. The molecular formula is C44H47Br2FN12. The average Bonchev–Trinajstić information content (AvgIpc) is 3.71. The number of rotatable bonds is 5. The molecule has 6 aromatic rings. The van der Waals surface area contributed by atoms with Crippen molar-refractivity contribution in [1.82, 2.24) is 35.7 Å². The molecule has 4 aliphatic heterocycles. The Kier molecular flexibility index (Phi) is 12.3.